The normalized spacial score (nSPS) is 13.2. The number of hydrogen-bond acceptors (Lipinski definition) is 2. The van der Waals surface area contributed by atoms with Crippen molar-refractivity contribution in [3.63, 3.8) is 0 Å². The molecular formula is C7H16O2Si3. The first-order valence-corrected chi connectivity index (χ1v) is 7.55. The van der Waals surface area contributed by atoms with Crippen molar-refractivity contribution >= 4 is 29.5 Å². The summed E-state index contributed by atoms with van der Waals surface area (Å²) in [6.07, 6.45) is 3.77. The van der Waals surface area contributed by atoms with Gasteiger partial charge in [0.25, 0.3) is 0 Å². The second-order valence-electron chi connectivity index (χ2n) is 2.50. The lowest BCUT2D eigenvalue weighted by Crippen LogP contribution is -2.13. The maximum atomic E-state index is 5.42. The smallest absolute Gasteiger partial charge is 0.409 e. The Hall–Kier alpha value is 0.571. The fourth-order valence-electron chi connectivity index (χ4n) is 0.865. The van der Waals surface area contributed by atoms with Crippen LogP contribution in [0.1, 0.15) is 33.1 Å². The highest BCUT2D eigenvalue weighted by Gasteiger charge is 2.07. The molecule has 0 fully saturated rings. The van der Waals surface area contributed by atoms with Crippen molar-refractivity contribution in [1.29, 1.82) is 0 Å². The number of rotatable bonds is 8. The largest absolute Gasteiger partial charge is 0.435 e. The van der Waals surface area contributed by atoms with E-state index >= 15 is 0 Å². The first-order chi connectivity index (χ1) is 5.85. The molecule has 68 valence electrons. The summed E-state index contributed by atoms with van der Waals surface area (Å²) >= 11 is 0. The lowest BCUT2D eigenvalue weighted by molar-refractivity contribution is 0.479. The zero-order valence-electron chi connectivity index (χ0n) is 8.02. The minimum atomic E-state index is 0.257. The van der Waals surface area contributed by atoms with E-state index in [1.165, 1.54) is 19.3 Å². The molecule has 5 heteroatoms. The highest BCUT2D eigenvalue weighted by atomic mass is 28.4. The quantitative estimate of drug-likeness (QED) is 0.455. The average molecular weight is 216 g/mol. The van der Waals surface area contributed by atoms with Crippen LogP contribution in [0.5, 0.6) is 0 Å². The summed E-state index contributed by atoms with van der Waals surface area (Å²) < 4.78 is 10.6. The predicted molar refractivity (Wildman–Crippen MR) is 54.2 cm³/mol. The molecule has 0 bridgehead atoms. The highest BCUT2D eigenvalue weighted by molar-refractivity contribution is 6.45. The Morgan fingerprint density at radius 2 is 2.00 bits per heavy atom. The van der Waals surface area contributed by atoms with Gasteiger partial charge in [0.1, 0.15) is 0 Å². The van der Waals surface area contributed by atoms with Crippen molar-refractivity contribution in [3.05, 3.63) is 0 Å². The second kappa shape index (κ2) is 9.66. The van der Waals surface area contributed by atoms with Crippen molar-refractivity contribution in [2.75, 3.05) is 0 Å². The summed E-state index contributed by atoms with van der Waals surface area (Å²) in [6.45, 7) is 6.46. The van der Waals surface area contributed by atoms with E-state index in [9.17, 15) is 0 Å². The van der Waals surface area contributed by atoms with Crippen LogP contribution in [0.15, 0.2) is 0 Å². The van der Waals surface area contributed by atoms with E-state index < -0.39 is 0 Å². The molecule has 0 saturated carbocycles. The molecule has 2 nitrogen and oxygen atoms in total. The lowest BCUT2D eigenvalue weighted by Gasteiger charge is -2.10. The Bertz CT molecular complexity index is 92.7. The van der Waals surface area contributed by atoms with Crippen LogP contribution >= 0.6 is 0 Å². The summed E-state index contributed by atoms with van der Waals surface area (Å²) in [5.74, 6) is 0. The van der Waals surface area contributed by atoms with E-state index in [0.717, 1.165) is 5.54 Å². The van der Waals surface area contributed by atoms with Gasteiger partial charge in [-0.1, -0.05) is 33.1 Å². The summed E-state index contributed by atoms with van der Waals surface area (Å²) in [5, 5.41) is 0. The van der Waals surface area contributed by atoms with E-state index in [0.29, 0.717) is 19.5 Å². The van der Waals surface area contributed by atoms with E-state index in [-0.39, 0.29) is 10.0 Å². The topological polar surface area (TPSA) is 18.5 Å². The van der Waals surface area contributed by atoms with Crippen molar-refractivity contribution in [3.8, 4) is 0 Å². The van der Waals surface area contributed by atoms with Gasteiger partial charge >= 0.3 is 10.0 Å². The highest BCUT2D eigenvalue weighted by Crippen LogP contribution is 2.15. The van der Waals surface area contributed by atoms with Gasteiger partial charge in [-0.3, -0.25) is 0 Å². The van der Waals surface area contributed by atoms with Gasteiger partial charge in [-0.05, 0) is 12.1 Å². The van der Waals surface area contributed by atoms with E-state index in [1.54, 1.807) is 0 Å². The van der Waals surface area contributed by atoms with Gasteiger partial charge in [-0.15, -0.1) is 0 Å². The lowest BCUT2D eigenvalue weighted by atomic mass is 10.2. The molecule has 6 radical (unpaired) electrons. The molecule has 1 atom stereocenters. The van der Waals surface area contributed by atoms with Crippen molar-refractivity contribution < 1.29 is 8.23 Å². The van der Waals surface area contributed by atoms with Gasteiger partial charge in [0.05, 0.1) is 0 Å². The molecule has 1 unspecified atom stereocenters. The average Bonchev–Trinajstić information content (AvgIpc) is 2.10. The minimum absolute atomic E-state index is 0.257. The van der Waals surface area contributed by atoms with Crippen LogP contribution in [0.4, 0.5) is 0 Å². The molecule has 0 amide bonds. The Kier molecular flexibility index (Phi) is 10.1. The third-order valence-corrected chi connectivity index (χ3v) is 4.53. The molecule has 0 aromatic rings. The van der Waals surface area contributed by atoms with Crippen molar-refractivity contribution in [1.82, 2.24) is 0 Å². The standard InChI is InChI=1S/C7H16O2Si3/c1-4-6-7(5-2)11-9-12-8-10-3/h7H,4-6H2,1-3H3. The third kappa shape index (κ3) is 7.23. The first-order valence-electron chi connectivity index (χ1n) is 4.34. The van der Waals surface area contributed by atoms with Gasteiger partial charge < -0.3 is 8.23 Å². The molecule has 0 rings (SSSR count). The fourth-order valence-corrected chi connectivity index (χ4v) is 3.17. The van der Waals surface area contributed by atoms with Crippen LogP contribution < -0.4 is 0 Å². The minimum Gasteiger partial charge on any atom is -0.435 e. The monoisotopic (exact) mass is 216 g/mol. The van der Waals surface area contributed by atoms with Crippen molar-refractivity contribution in [2.45, 2.75) is 45.2 Å². The zero-order valence-corrected chi connectivity index (χ0v) is 11.0. The van der Waals surface area contributed by atoms with E-state index in [1.807, 2.05) is 6.55 Å². The molecule has 0 aliphatic heterocycles. The molecule has 0 aliphatic rings. The second-order valence-corrected chi connectivity index (χ2v) is 5.76. The Morgan fingerprint density at radius 1 is 1.25 bits per heavy atom. The molecule has 0 aliphatic carbocycles. The molecular weight excluding hydrogens is 200 g/mol. The maximum Gasteiger partial charge on any atom is 0.409 e. The van der Waals surface area contributed by atoms with Crippen LogP contribution in [0, 0.1) is 0 Å². The Balaban J connectivity index is 3.19. The maximum absolute atomic E-state index is 5.42. The third-order valence-electron chi connectivity index (χ3n) is 1.54. The van der Waals surface area contributed by atoms with E-state index in [2.05, 4.69) is 13.8 Å². The molecule has 0 aromatic carbocycles. The molecule has 0 aromatic heterocycles. The van der Waals surface area contributed by atoms with Gasteiger partial charge in [-0.25, -0.2) is 0 Å². The predicted octanol–water partition coefficient (Wildman–Crippen LogP) is 1.84. The van der Waals surface area contributed by atoms with Crippen LogP contribution in [0.2, 0.25) is 12.1 Å². The summed E-state index contributed by atoms with van der Waals surface area (Å²) in [6, 6.07) is 0. The number of hydrogen-bond donors (Lipinski definition) is 0. The van der Waals surface area contributed by atoms with Gasteiger partial charge in [0, 0.05) is 0 Å². The molecule has 0 heterocycles. The summed E-state index contributed by atoms with van der Waals surface area (Å²) in [5.41, 5.74) is 0.756. The summed E-state index contributed by atoms with van der Waals surface area (Å²) in [4.78, 5) is 0. The van der Waals surface area contributed by atoms with Gasteiger partial charge in [-0.2, -0.15) is 0 Å². The molecule has 0 N–H and O–H groups in total. The SMILES string of the molecule is CCCC(CC)[Si]O[Si]O[Si]C. The molecule has 0 saturated heterocycles. The first kappa shape index (κ1) is 12.6. The van der Waals surface area contributed by atoms with Gasteiger partial charge in [0.15, 0.2) is 0 Å². The zero-order chi connectivity index (χ0) is 9.23. The summed E-state index contributed by atoms with van der Waals surface area (Å²) in [7, 11) is 1.44. The van der Waals surface area contributed by atoms with Crippen LogP contribution in [-0.4, -0.2) is 29.5 Å². The Morgan fingerprint density at radius 3 is 2.50 bits per heavy atom. The molecule has 0 spiro atoms. The van der Waals surface area contributed by atoms with Crippen LogP contribution in [-0.2, 0) is 8.23 Å². The Labute approximate surface area is 83.4 Å². The fraction of sp³-hybridized carbons (Fsp3) is 1.00. The van der Waals surface area contributed by atoms with Crippen molar-refractivity contribution in [2.24, 2.45) is 0 Å². The molecule has 12 heavy (non-hydrogen) atoms. The van der Waals surface area contributed by atoms with E-state index in [4.69, 9.17) is 8.23 Å². The van der Waals surface area contributed by atoms with Gasteiger partial charge in [0.2, 0.25) is 19.5 Å². The van der Waals surface area contributed by atoms with Crippen LogP contribution in [0.25, 0.3) is 0 Å². The van der Waals surface area contributed by atoms with Crippen LogP contribution in [0.3, 0.4) is 0 Å².